The zero-order chi connectivity index (χ0) is 13.0. The largest absolute Gasteiger partial charge is 0.379 e. The minimum Gasteiger partial charge on any atom is -0.379 e. The molecular formula is C13H30N2O2. The van der Waals surface area contributed by atoms with Gasteiger partial charge in [-0.2, -0.15) is 0 Å². The molecule has 0 fully saturated rings. The normalized spacial score (nSPS) is 12.0. The van der Waals surface area contributed by atoms with Crippen LogP contribution in [0, 0.1) is 5.41 Å². The molecule has 0 saturated carbocycles. The van der Waals surface area contributed by atoms with E-state index in [0.29, 0.717) is 26.3 Å². The fraction of sp³-hybridized carbons (Fsp3) is 1.00. The Morgan fingerprint density at radius 3 is 1.53 bits per heavy atom. The minimum absolute atomic E-state index is 0.147. The Balaban J connectivity index is 4.25. The molecule has 0 unspecified atom stereocenters. The van der Waals surface area contributed by atoms with Crippen LogP contribution in [0.4, 0.5) is 0 Å². The molecule has 4 heteroatoms. The van der Waals surface area contributed by atoms with Crippen molar-refractivity contribution in [2.24, 2.45) is 16.9 Å². The average Bonchev–Trinajstić information content (AvgIpc) is 2.30. The molecular weight excluding hydrogens is 216 g/mol. The van der Waals surface area contributed by atoms with Gasteiger partial charge in [-0.05, 0) is 12.8 Å². The average molecular weight is 246 g/mol. The first-order valence-electron chi connectivity index (χ1n) is 6.80. The van der Waals surface area contributed by atoms with Crippen LogP contribution in [0.3, 0.4) is 0 Å². The van der Waals surface area contributed by atoms with Gasteiger partial charge in [0, 0.05) is 18.5 Å². The lowest BCUT2D eigenvalue weighted by Gasteiger charge is -2.33. The van der Waals surface area contributed by atoms with Gasteiger partial charge >= 0.3 is 0 Å². The van der Waals surface area contributed by atoms with E-state index in [4.69, 9.17) is 20.9 Å². The highest BCUT2D eigenvalue weighted by Gasteiger charge is 2.29. The van der Waals surface area contributed by atoms with Crippen molar-refractivity contribution >= 4 is 0 Å². The summed E-state index contributed by atoms with van der Waals surface area (Å²) in [5.41, 5.74) is 11.1. The minimum atomic E-state index is 0.147. The SMILES string of the molecule is CCCC(CCC)(COCCN)COCCN. The van der Waals surface area contributed by atoms with Gasteiger partial charge < -0.3 is 20.9 Å². The molecule has 0 spiro atoms. The van der Waals surface area contributed by atoms with Crippen LogP contribution in [-0.4, -0.2) is 39.5 Å². The zero-order valence-corrected chi connectivity index (χ0v) is 11.5. The number of rotatable bonds is 12. The van der Waals surface area contributed by atoms with E-state index >= 15 is 0 Å². The molecule has 0 saturated heterocycles. The van der Waals surface area contributed by atoms with Gasteiger partial charge in [-0.25, -0.2) is 0 Å². The smallest absolute Gasteiger partial charge is 0.0589 e. The van der Waals surface area contributed by atoms with Crippen LogP contribution < -0.4 is 11.5 Å². The topological polar surface area (TPSA) is 70.5 Å². The molecule has 4 nitrogen and oxygen atoms in total. The van der Waals surface area contributed by atoms with Gasteiger partial charge in [-0.1, -0.05) is 26.7 Å². The molecule has 0 heterocycles. The maximum atomic E-state index is 5.65. The van der Waals surface area contributed by atoms with Crippen molar-refractivity contribution in [2.45, 2.75) is 39.5 Å². The highest BCUT2D eigenvalue weighted by molar-refractivity contribution is 4.78. The van der Waals surface area contributed by atoms with Gasteiger partial charge in [0.25, 0.3) is 0 Å². The molecule has 17 heavy (non-hydrogen) atoms. The second kappa shape index (κ2) is 11.0. The van der Waals surface area contributed by atoms with Crippen molar-refractivity contribution in [3.05, 3.63) is 0 Å². The summed E-state index contributed by atoms with van der Waals surface area (Å²) in [5, 5.41) is 0. The van der Waals surface area contributed by atoms with Crippen LogP contribution in [0.2, 0.25) is 0 Å². The van der Waals surface area contributed by atoms with Gasteiger partial charge in [0.2, 0.25) is 0 Å². The molecule has 0 bridgehead atoms. The summed E-state index contributed by atoms with van der Waals surface area (Å²) in [6.45, 7) is 8.33. The van der Waals surface area contributed by atoms with E-state index in [0.717, 1.165) is 38.9 Å². The molecule has 0 aromatic carbocycles. The summed E-state index contributed by atoms with van der Waals surface area (Å²) in [4.78, 5) is 0. The van der Waals surface area contributed by atoms with Crippen LogP contribution in [-0.2, 0) is 9.47 Å². The van der Waals surface area contributed by atoms with Gasteiger partial charge in [0.1, 0.15) is 0 Å². The van der Waals surface area contributed by atoms with Crippen molar-refractivity contribution in [2.75, 3.05) is 39.5 Å². The van der Waals surface area contributed by atoms with Crippen molar-refractivity contribution in [1.29, 1.82) is 0 Å². The molecule has 0 aromatic heterocycles. The second-order valence-corrected chi connectivity index (χ2v) is 4.68. The highest BCUT2D eigenvalue weighted by atomic mass is 16.5. The second-order valence-electron chi connectivity index (χ2n) is 4.68. The van der Waals surface area contributed by atoms with E-state index in [1.54, 1.807) is 0 Å². The summed E-state index contributed by atoms with van der Waals surface area (Å²) in [7, 11) is 0. The first-order valence-corrected chi connectivity index (χ1v) is 6.80. The molecule has 0 atom stereocenters. The van der Waals surface area contributed by atoms with E-state index < -0.39 is 0 Å². The zero-order valence-electron chi connectivity index (χ0n) is 11.5. The maximum Gasteiger partial charge on any atom is 0.0589 e. The van der Waals surface area contributed by atoms with Gasteiger partial charge in [0.05, 0.1) is 26.4 Å². The van der Waals surface area contributed by atoms with Crippen LogP contribution in [0.1, 0.15) is 39.5 Å². The summed E-state index contributed by atoms with van der Waals surface area (Å²) >= 11 is 0. The molecule has 4 N–H and O–H groups in total. The number of ether oxygens (including phenoxy) is 2. The van der Waals surface area contributed by atoms with Gasteiger partial charge in [0.15, 0.2) is 0 Å². The molecule has 0 aromatic rings. The fourth-order valence-electron chi connectivity index (χ4n) is 2.26. The first-order chi connectivity index (χ1) is 8.24. The third-order valence-electron chi connectivity index (χ3n) is 2.90. The van der Waals surface area contributed by atoms with Crippen LogP contribution in [0.15, 0.2) is 0 Å². The quantitative estimate of drug-likeness (QED) is 0.512. The Labute approximate surface area is 106 Å². The van der Waals surface area contributed by atoms with E-state index in [1.165, 1.54) is 0 Å². The Bertz CT molecular complexity index is 147. The van der Waals surface area contributed by atoms with Crippen LogP contribution in [0.25, 0.3) is 0 Å². The lowest BCUT2D eigenvalue weighted by atomic mass is 9.81. The van der Waals surface area contributed by atoms with Crippen LogP contribution >= 0.6 is 0 Å². The lowest BCUT2D eigenvalue weighted by molar-refractivity contribution is -0.0296. The summed E-state index contributed by atoms with van der Waals surface area (Å²) in [6, 6.07) is 0. The predicted octanol–water partition coefficient (Wildman–Crippen LogP) is 1.52. The number of nitrogens with two attached hydrogens (primary N) is 2. The maximum absolute atomic E-state index is 5.65. The summed E-state index contributed by atoms with van der Waals surface area (Å²) < 4.78 is 11.3. The Morgan fingerprint density at radius 1 is 0.824 bits per heavy atom. The lowest BCUT2D eigenvalue weighted by Crippen LogP contribution is -2.34. The summed E-state index contributed by atoms with van der Waals surface area (Å²) in [5.74, 6) is 0. The van der Waals surface area contributed by atoms with Gasteiger partial charge in [-0.15, -0.1) is 0 Å². The first kappa shape index (κ1) is 16.8. The highest BCUT2D eigenvalue weighted by Crippen LogP contribution is 2.30. The fourth-order valence-corrected chi connectivity index (χ4v) is 2.26. The predicted molar refractivity (Wildman–Crippen MR) is 72.0 cm³/mol. The molecule has 104 valence electrons. The van der Waals surface area contributed by atoms with E-state index in [-0.39, 0.29) is 5.41 Å². The molecule has 0 amide bonds. The summed E-state index contributed by atoms with van der Waals surface area (Å²) in [6.07, 6.45) is 4.57. The molecule has 0 aliphatic carbocycles. The number of hydrogen-bond acceptors (Lipinski definition) is 4. The molecule has 0 rings (SSSR count). The van der Waals surface area contributed by atoms with E-state index in [1.807, 2.05) is 0 Å². The van der Waals surface area contributed by atoms with Crippen molar-refractivity contribution in [3.63, 3.8) is 0 Å². The van der Waals surface area contributed by atoms with Crippen molar-refractivity contribution in [1.82, 2.24) is 0 Å². The van der Waals surface area contributed by atoms with Gasteiger partial charge in [-0.3, -0.25) is 0 Å². The monoisotopic (exact) mass is 246 g/mol. The molecule has 0 aliphatic heterocycles. The third kappa shape index (κ3) is 7.71. The Morgan fingerprint density at radius 2 is 1.24 bits per heavy atom. The third-order valence-corrected chi connectivity index (χ3v) is 2.90. The number of hydrogen-bond donors (Lipinski definition) is 2. The van der Waals surface area contributed by atoms with Crippen molar-refractivity contribution in [3.8, 4) is 0 Å². The standard InChI is InChI=1S/C13H30N2O2/c1-3-5-13(6-4-2,11-16-9-7-14)12-17-10-8-15/h3-12,14-15H2,1-2H3. The Hall–Kier alpha value is -0.160. The molecule has 0 radical (unpaired) electrons. The van der Waals surface area contributed by atoms with E-state index in [9.17, 15) is 0 Å². The van der Waals surface area contributed by atoms with E-state index in [2.05, 4.69) is 13.8 Å². The Kier molecular flexibility index (Phi) is 10.9. The van der Waals surface area contributed by atoms with Crippen molar-refractivity contribution < 1.29 is 9.47 Å². The molecule has 0 aliphatic rings. The van der Waals surface area contributed by atoms with Crippen LogP contribution in [0.5, 0.6) is 0 Å².